The van der Waals surface area contributed by atoms with Crippen LogP contribution >= 0.6 is 0 Å². The van der Waals surface area contributed by atoms with Crippen molar-refractivity contribution in [2.45, 2.75) is 19.5 Å². The van der Waals surface area contributed by atoms with Gasteiger partial charge in [-0.25, -0.2) is 4.39 Å². The number of hydrogen-bond donors (Lipinski definition) is 1. The van der Waals surface area contributed by atoms with Crippen molar-refractivity contribution in [3.8, 4) is 5.75 Å². The molecule has 0 aromatic heterocycles. The molecule has 0 aliphatic heterocycles. The van der Waals surface area contributed by atoms with E-state index in [0.717, 1.165) is 11.4 Å². The largest absolute Gasteiger partial charge is 0.495 e. The summed E-state index contributed by atoms with van der Waals surface area (Å²) in [6.45, 7) is 3.07. The van der Waals surface area contributed by atoms with Crippen LogP contribution in [-0.2, 0) is 5.67 Å². The molecule has 0 aliphatic carbocycles. The summed E-state index contributed by atoms with van der Waals surface area (Å²) in [5, 5.41) is 2.97. The van der Waals surface area contributed by atoms with Crippen molar-refractivity contribution < 1.29 is 9.13 Å². The molecule has 0 saturated carbocycles. The number of halogens is 1. The van der Waals surface area contributed by atoms with Crippen LogP contribution in [0.15, 0.2) is 18.2 Å². The molecule has 0 radical (unpaired) electrons. The lowest BCUT2D eigenvalue weighted by molar-refractivity contribution is 0.221. The highest BCUT2D eigenvalue weighted by atomic mass is 19.1. The highest BCUT2D eigenvalue weighted by molar-refractivity contribution is 5.58. The topological polar surface area (TPSA) is 21.3 Å². The molecule has 0 aliphatic rings. The molecule has 1 N–H and O–H groups in total. The first kappa shape index (κ1) is 10.8. The van der Waals surface area contributed by atoms with Gasteiger partial charge in [-0.05, 0) is 31.5 Å². The zero-order valence-corrected chi connectivity index (χ0v) is 9.02. The van der Waals surface area contributed by atoms with Gasteiger partial charge in [-0.2, -0.15) is 0 Å². The van der Waals surface area contributed by atoms with E-state index in [1.165, 1.54) is 13.8 Å². The van der Waals surface area contributed by atoms with Crippen molar-refractivity contribution >= 4 is 5.69 Å². The first-order valence-corrected chi connectivity index (χ1v) is 4.54. The van der Waals surface area contributed by atoms with E-state index in [1.54, 1.807) is 32.4 Å². The Morgan fingerprint density at radius 2 is 2.00 bits per heavy atom. The molecule has 0 heterocycles. The van der Waals surface area contributed by atoms with Gasteiger partial charge in [0.15, 0.2) is 0 Å². The Morgan fingerprint density at radius 3 is 2.43 bits per heavy atom. The molecule has 1 aromatic carbocycles. The fourth-order valence-corrected chi connectivity index (χ4v) is 1.27. The Morgan fingerprint density at radius 1 is 1.36 bits per heavy atom. The Labute approximate surface area is 84.1 Å². The van der Waals surface area contributed by atoms with E-state index in [9.17, 15) is 4.39 Å². The molecule has 0 saturated heterocycles. The summed E-state index contributed by atoms with van der Waals surface area (Å²) in [5.41, 5.74) is 0.121. The Hall–Kier alpha value is -1.25. The maximum Gasteiger partial charge on any atom is 0.141 e. The monoisotopic (exact) mass is 197 g/mol. The minimum atomic E-state index is -1.32. The number of ether oxygens (including phenoxy) is 1. The Kier molecular flexibility index (Phi) is 2.99. The second-order valence-corrected chi connectivity index (χ2v) is 3.64. The van der Waals surface area contributed by atoms with Gasteiger partial charge in [-0.1, -0.05) is 6.07 Å². The van der Waals surface area contributed by atoms with Crippen LogP contribution in [0.1, 0.15) is 19.4 Å². The Balaban J connectivity index is 3.14. The number of hydrogen-bond acceptors (Lipinski definition) is 2. The number of methoxy groups -OCH3 is 1. The van der Waals surface area contributed by atoms with E-state index >= 15 is 0 Å². The van der Waals surface area contributed by atoms with E-state index in [4.69, 9.17) is 4.74 Å². The lowest BCUT2D eigenvalue weighted by atomic mass is 9.99. The molecular formula is C11H16FNO. The van der Waals surface area contributed by atoms with Gasteiger partial charge in [-0.15, -0.1) is 0 Å². The fraction of sp³-hybridized carbons (Fsp3) is 0.455. The summed E-state index contributed by atoms with van der Waals surface area (Å²) in [4.78, 5) is 0. The lowest BCUT2D eigenvalue weighted by Gasteiger charge is -2.17. The quantitative estimate of drug-likeness (QED) is 0.804. The van der Waals surface area contributed by atoms with Crippen LogP contribution in [-0.4, -0.2) is 14.2 Å². The lowest BCUT2D eigenvalue weighted by Crippen LogP contribution is -2.09. The smallest absolute Gasteiger partial charge is 0.141 e. The van der Waals surface area contributed by atoms with Crippen molar-refractivity contribution in [2.75, 3.05) is 19.5 Å². The Bertz CT molecular complexity index is 318. The first-order valence-electron chi connectivity index (χ1n) is 4.54. The highest BCUT2D eigenvalue weighted by Gasteiger charge is 2.19. The predicted molar refractivity (Wildman–Crippen MR) is 56.7 cm³/mol. The molecule has 1 aromatic rings. The number of rotatable bonds is 3. The average molecular weight is 197 g/mol. The van der Waals surface area contributed by atoms with Crippen molar-refractivity contribution in [2.24, 2.45) is 0 Å². The number of benzene rings is 1. The molecule has 0 unspecified atom stereocenters. The third kappa shape index (κ3) is 2.16. The molecule has 3 heteroatoms. The van der Waals surface area contributed by atoms with Crippen molar-refractivity contribution in [1.82, 2.24) is 0 Å². The number of anilines is 1. The van der Waals surface area contributed by atoms with Crippen LogP contribution < -0.4 is 10.1 Å². The molecule has 2 nitrogen and oxygen atoms in total. The summed E-state index contributed by atoms with van der Waals surface area (Å²) < 4.78 is 18.7. The molecule has 78 valence electrons. The summed E-state index contributed by atoms with van der Waals surface area (Å²) >= 11 is 0. The standard InChI is InChI=1S/C11H16FNO/c1-11(2,12)8-5-6-10(14-4)9(7-8)13-3/h5-7,13H,1-4H3. The van der Waals surface area contributed by atoms with E-state index in [0.29, 0.717) is 5.56 Å². The molecular weight excluding hydrogens is 181 g/mol. The van der Waals surface area contributed by atoms with Crippen molar-refractivity contribution in [3.05, 3.63) is 23.8 Å². The summed E-state index contributed by atoms with van der Waals surface area (Å²) in [6.07, 6.45) is 0. The molecule has 0 bridgehead atoms. The van der Waals surface area contributed by atoms with E-state index in [-0.39, 0.29) is 0 Å². The van der Waals surface area contributed by atoms with Gasteiger partial charge >= 0.3 is 0 Å². The molecule has 14 heavy (non-hydrogen) atoms. The third-order valence-corrected chi connectivity index (χ3v) is 2.16. The van der Waals surface area contributed by atoms with Crippen LogP contribution in [0.2, 0.25) is 0 Å². The van der Waals surface area contributed by atoms with E-state index < -0.39 is 5.67 Å². The van der Waals surface area contributed by atoms with Crippen molar-refractivity contribution in [3.63, 3.8) is 0 Å². The predicted octanol–water partition coefficient (Wildman–Crippen LogP) is 2.94. The minimum Gasteiger partial charge on any atom is -0.495 e. The summed E-state index contributed by atoms with van der Waals surface area (Å²) in [5.74, 6) is 0.723. The summed E-state index contributed by atoms with van der Waals surface area (Å²) in [6, 6.07) is 5.26. The molecule has 0 atom stereocenters. The molecule has 0 spiro atoms. The van der Waals surface area contributed by atoms with Crippen LogP contribution in [0, 0.1) is 0 Å². The van der Waals surface area contributed by atoms with Gasteiger partial charge in [0.05, 0.1) is 12.8 Å². The zero-order valence-electron chi connectivity index (χ0n) is 9.02. The van der Waals surface area contributed by atoms with Crippen LogP contribution in [0.5, 0.6) is 5.75 Å². The normalized spacial score (nSPS) is 11.2. The molecule has 1 rings (SSSR count). The average Bonchev–Trinajstić information content (AvgIpc) is 2.15. The second kappa shape index (κ2) is 3.86. The van der Waals surface area contributed by atoms with Gasteiger partial charge in [0, 0.05) is 7.05 Å². The fourth-order valence-electron chi connectivity index (χ4n) is 1.27. The highest BCUT2D eigenvalue weighted by Crippen LogP contribution is 2.31. The number of alkyl halides is 1. The van der Waals surface area contributed by atoms with E-state index in [1.807, 2.05) is 0 Å². The van der Waals surface area contributed by atoms with Gasteiger partial charge in [0.2, 0.25) is 0 Å². The zero-order chi connectivity index (χ0) is 10.8. The second-order valence-electron chi connectivity index (χ2n) is 3.64. The first-order chi connectivity index (χ1) is 6.49. The van der Waals surface area contributed by atoms with Gasteiger partial charge in [0.1, 0.15) is 11.4 Å². The van der Waals surface area contributed by atoms with Gasteiger partial charge < -0.3 is 10.1 Å². The van der Waals surface area contributed by atoms with Crippen molar-refractivity contribution in [1.29, 1.82) is 0 Å². The minimum absolute atomic E-state index is 0.641. The summed E-state index contributed by atoms with van der Waals surface area (Å²) in [7, 11) is 3.38. The molecule has 0 amide bonds. The van der Waals surface area contributed by atoms with E-state index in [2.05, 4.69) is 5.32 Å². The third-order valence-electron chi connectivity index (χ3n) is 2.16. The number of nitrogens with one attached hydrogen (secondary N) is 1. The SMILES string of the molecule is CNc1cc(C(C)(C)F)ccc1OC. The van der Waals surface area contributed by atoms with Crippen LogP contribution in [0.4, 0.5) is 10.1 Å². The van der Waals surface area contributed by atoms with Gasteiger partial charge in [-0.3, -0.25) is 0 Å². The van der Waals surface area contributed by atoms with Crippen LogP contribution in [0.3, 0.4) is 0 Å². The van der Waals surface area contributed by atoms with Gasteiger partial charge in [0.25, 0.3) is 0 Å². The maximum absolute atomic E-state index is 13.6. The maximum atomic E-state index is 13.6. The molecule has 0 fully saturated rings. The van der Waals surface area contributed by atoms with Crippen LogP contribution in [0.25, 0.3) is 0 Å².